The number of benzene rings is 4. The van der Waals surface area contributed by atoms with Gasteiger partial charge < -0.3 is 15.2 Å². The second-order valence-corrected chi connectivity index (χ2v) is 11.4. The first-order valence-electron chi connectivity index (χ1n) is 12.8. The van der Waals surface area contributed by atoms with Crippen molar-refractivity contribution in [1.82, 2.24) is 5.32 Å². The topological polar surface area (TPSA) is 75.6 Å². The Morgan fingerprint density at radius 2 is 1.46 bits per heavy atom. The van der Waals surface area contributed by atoms with Crippen LogP contribution >= 0.6 is 15.9 Å². The van der Waals surface area contributed by atoms with Crippen LogP contribution in [0.3, 0.4) is 0 Å². The van der Waals surface area contributed by atoms with Gasteiger partial charge in [0.15, 0.2) is 0 Å². The smallest absolute Gasteiger partial charge is 0.326 e. The normalized spacial score (nSPS) is 12.0. The standard InChI is InChI=1S/C33H32BrNO4/c1-33(2,3)26-15-11-23(12-16-26)21-39-30-20-27(34)17-18-28(30)31(36)35-29(32(37)38)19-22-9-13-25(14-10-22)24-7-5-4-6-8-24/h4-18,20,29H,19,21H2,1-3H3,(H,35,36)(H,37,38). The van der Waals surface area contributed by atoms with Crippen LogP contribution in [0.1, 0.15) is 47.8 Å². The van der Waals surface area contributed by atoms with Gasteiger partial charge in [-0.1, -0.05) is 116 Å². The van der Waals surface area contributed by atoms with Crippen LogP contribution in [-0.4, -0.2) is 23.0 Å². The minimum atomic E-state index is -1.10. The summed E-state index contributed by atoms with van der Waals surface area (Å²) >= 11 is 3.44. The third-order valence-corrected chi connectivity index (χ3v) is 7.00. The zero-order chi connectivity index (χ0) is 28.0. The summed E-state index contributed by atoms with van der Waals surface area (Å²) < 4.78 is 6.78. The minimum Gasteiger partial charge on any atom is -0.488 e. The van der Waals surface area contributed by atoms with Gasteiger partial charge in [0.05, 0.1) is 5.56 Å². The Balaban J connectivity index is 1.45. The van der Waals surface area contributed by atoms with E-state index in [9.17, 15) is 14.7 Å². The first kappa shape index (κ1) is 28.1. The molecule has 4 rings (SSSR count). The molecule has 0 aliphatic carbocycles. The van der Waals surface area contributed by atoms with Gasteiger partial charge in [0.2, 0.25) is 0 Å². The quantitative estimate of drug-likeness (QED) is 0.214. The van der Waals surface area contributed by atoms with E-state index in [2.05, 4.69) is 54.2 Å². The van der Waals surface area contributed by atoms with Gasteiger partial charge in [-0.3, -0.25) is 4.79 Å². The number of carbonyl (C=O) groups excluding carboxylic acids is 1. The van der Waals surface area contributed by atoms with Gasteiger partial charge >= 0.3 is 5.97 Å². The second kappa shape index (κ2) is 12.3. The van der Waals surface area contributed by atoms with Gasteiger partial charge in [-0.05, 0) is 51.4 Å². The molecule has 0 heterocycles. The lowest BCUT2D eigenvalue weighted by Crippen LogP contribution is -2.42. The molecule has 0 radical (unpaired) electrons. The maximum Gasteiger partial charge on any atom is 0.326 e. The first-order valence-corrected chi connectivity index (χ1v) is 13.6. The van der Waals surface area contributed by atoms with Crippen LogP contribution in [0.5, 0.6) is 5.75 Å². The molecule has 6 heteroatoms. The fourth-order valence-corrected chi connectivity index (χ4v) is 4.54. The maximum absolute atomic E-state index is 13.2. The van der Waals surface area contributed by atoms with E-state index in [0.717, 1.165) is 26.7 Å². The molecule has 39 heavy (non-hydrogen) atoms. The maximum atomic E-state index is 13.2. The molecular weight excluding hydrogens is 554 g/mol. The van der Waals surface area contributed by atoms with E-state index in [4.69, 9.17) is 4.74 Å². The third-order valence-electron chi connectivity index (χ3n) is 6.51. The van der Waals surface area contributed by atoms with Crippen molar-refractivity contribution in [3.8, 4) is 16.9 Å². The molecule has 1 unspecified atom stereocenters. The third kappa shape index (κ3) is 7.58. The van der Waals surface area contributed by atoms with Gasteiger partial charge in [-0.2, -0.15) is 0 Å². The van der Waals surface area contributed by atoms with Gasteiger partial charge in [0, 0.05) is 10.9 Å². The van der Waals surface area contributed by atoms with E-state index < -0.39 is 17.9 Å². The number of ether oxygens (including phenoxy) is 1. The molecule has 0 spiro atoms. The second-order valence-electron chi connectivity index (χ2n) is 10.5. The average molecular weight is 587 g/mol. The SMILES string of the molecule is CC(C)(C)c1ccc(COc2cc(Br)ccc2C(=O)NC(Cc2ccc(-c3ccccc3)cc2)C(=O)O)cc1. The lowest BCUT2D eigenvalue weighted by atomic mass is 9.87. The molecule has 0 aromatic heterocycles. The molecule has 1 amide bonds. The predicted molar refractivity (Wildman–Crippen MR) is 158 cm³/mol. The summed E-state index contributed by atoms with van der Waals surface area (Å²) in [6.45, 7) is 6.76. The molecule has 0 aliphatic rings. The summed E-state index contributed by atoms with van der Waals surface area (Å²) in [5, 5.41) is 12.5. The van der Waals surface area contributed by atoms with E-state index in [0.29, 0.717) is 5.75 Å². The monoisotopic (exact) mass is 585 g/mol. The summed E-state index contributed by atoms with van der Waals surface area (Å²) in [5.41, 5.74) is 5.46. The number of hydrogen-bond donors (Lipinski definition) is 2. The molecule has 5 nitrogen and oxygen atoms in total. The Hall–Kier alpha value is -3.90. The zero-order valence-corrected chi connectivity index (χ0v) is 23.9. The van der Waals surface area contributed by atoms with Crippen LogP contribution in [0.25, 0.3) is 11.1 Å². The van der Waals surface area contributed by atoms with E-state index in [1.807, 2.05) is 66.7 Å². The van der Waals surface area contributed by atoms with Crippen molar-refractivity contribution in [3.63, 3.8) is 0 Å². The molecule has 0 saturated carbocycles. The molecule has 0 bridgehead atoms. The molecule has 0 aliphatic heterocycles. The van der Waals surface area contributed by atoms with Crippen molar-refractivity contribution < 1.29 is 19.4 Å². The average Bonchev–Trinajstić information content (AvgIpc) is 2.92. The van der Waals surface area contributed by atoms with Crippen LogP contribution in [0.4, 0.5) is 0 Å². The van der Waals surface area contributed by atoms with Crippen molar-refractivity contribution in [1.29, 1.82) is 0 Å². The molecule has 1 atom stereocenters. The largest absolute Gasteiger partial charge is 0.488 e. The summed E-state index contributed by atoms with van der Waals surface area (Å²) in [7, 11) is 0. The van der Waals surface area contributed by atoms with Crippen molar-refractivity contribution in [2.75, 3.05) is 0 Å². The van der Waals surface area contributed by atoms with E-state index in [1.54, 1.807) is 18.2 Å². The van der Waals surface area contributed by atoms with Crippen LogP contribution in [0.15, 0.2) is 102 Å². The lowest BCUT2D eigenvalue weighted by molar-refractivity contribution is -0.139. The Morgan fingerprint density at radius 3 is 2.08 bits per heavy atom. The van der Waals surface area contributed by atoms with Crippen molar-refractivity contribution in [2.45, 2.75) is 45.3 Å². The lowest BCUT2D eigenvalue weighted by Gasteiger charge is -2.19. The number of amides is 1. The molecular formula is C33H32BrNO4. The highest BCUT2D eigenvalue weighted by atomic mass is 79.9. The van der Waals surface area contributed by atoms with Crippen molar-refractivity contribution >= 4 is 27.8 Å². The summed E-state index contributed by atoms with van der Waals surface area (Å²) in [6.07, 6.45) is 0.156. The molecule has 2 N–H and O–H groups in total. The highest BCUT2D eigenvalue weighted by Gasteiger charge is 2.23. The van der Waals surface area contributed by atoms with E-state index in [-0.39, 0.29) is 24.0 Å². The van der Waals surface area contributed by atoms with Crippen molar-refractivity contribution in [2.24, 2.45) is 0 Å². The Bertz CT molecular complexity index is 1430. The Morgan fingerprint density at radius 1 is 0.846 bits per heavy atom. The number of carboxylic acid groups (broad SMARTS) is 1. The molecule has 4 aromatic carbocycles. The number of carbonyl (C=O) groups is 2. The van der Waals surface area contributed by atoms with Gasteiger partial charge in [0.1, 0.15) is 18.4 Å². The molecule has 4 aromatic rings. The summed E-state index contributed by atoms with van der Waals surface area (Å²) in [6, 6.07) is 29.8. The minimum absolute atomic E-state index is 0.0551. The van der Waals surface area contributed by atoms with Crippen LogP contribution in [0, 0.1) is 0 Å². The Kier molecular flexibility index (Phi) is 8.87. The zero-order valence-electron chi connectivity index (χ0n) is 22.3. The highest BCUT2D eigenvalue weighted by molar-refractivity contribution is 9.10. The van der Waals surface area contributed by atoms with E-state index in [1.165, 1.54) is 5.56 Å². The summed E-state index contributed by atoms with van der Waals surface area (Å²) in [5.74, 6) is -1.24. The van der Waals surface area contributed by atoms with Gasteiger partial charge in [-0.15, -0.1) is 0 Å². The number of halogens is 1. The van der Waals surface area contributed by atoms with E-state index >= 15 is 0 Å². The summed E-state index contributed by atoms with van der Waals surface area (Å²) in [4.78, 5) is 25.3. The number of carboxylic acids is 1. The highest BCUT2D eigenvalue weighted by Crippen LogP contribution is 2.27. The predicted octanol–water partition coefficient (Wildman–Crippen LogP) is 7.42. The number of nitrogens with one attached hydrogen (secondary N) is 1. The fourth-order valence-electron chi connectivity index (χ4n) is 4.20. The van der Waals surface area contributed by atoms with Crippen LogP contribution in [0.2, 0.25) is 0 Å². The Labute approximate surface area is 238 Å². The van der Waals surface area contributed by atoms with Crippen LogP contribution < -0.4 is 10.1 Å². The number of hydrogen-bond acceptors (Lipinski definition) is 3. The molecule has 0 fully saturated rings. The number of rotatable bonds is 9. The number of aliphatic carboxylic acids is 1. The van der Waals surface area contributed by atoms with Gasteiger partial charge in [-0.25, -0.2) is 4.79 Å². The van der Waals surface area contributed by atoms with Crippen LogP contribution in [-0.2, 0) is 23.2 Å². The first-order chi connectivity index (χ1) is 18.6. The molecule has 0 saturated heterocycles. The van der Waals surface area contributed by atoms with Gasteiger partial charge in [0.25, 0.3) is 5.91 Å². The van der Waals surface area contributed by atoms with Crippen molar-refractivity contribution in [3.05, 3.63) is 124 Å². The molecule has 200 valence electrons. The fraction of sp³-hybridized carbons (Fsp3) is 0.212.